The van der Waals surface area contributed by atoms with Crippen molar-refractivity contribution in [1.82, 2.24) is 5.32 Å². The summed E-state index contributed by atoms with van der Waals surface area (Å²) in [5.41, 5.74) is 0.417. The Labute approximate surface area is 123 Å². The molecule has 0 bridgehead atoms. The standard InChI is InChI=1S/C13H13FINO3/c14-8-2-4-10(11(15)6-8)12(17)16-9-3-1-7(5-9)13(18)19/h2,4,6-7,9H,1,3,5H2,(H,16,17)(H,18,19)/t7-,9+/m0/s1. The van der Waals surface area contributed by atoms with Crippen LogP contribution in [0.5, 0.6) is 0 Å². The Balaban J connectivity index is 2.00. The van der Waals surface area contributed by atoms with Crippen molar-refractivity contribution in [2.45, 2.75) is 25.3 Å². The Bertz CT molecular complexity index is 521. The van der Waals surface area contributed by atoms with Crippen molar-refractivity contribution in [2.75, 3.05) is 0 Å². The summed E-state index contributed by atoms with van der Waals surface area (Å²) in [5.74, 6) is -1.85. The van der Waals surface area contributed by atoms with Gasteiger partial charge in [0.1, 0.15) is 5.82 Å². The lowest BCUT2D eigenvalue weighted by Crippen LogP contribution is -2.33. The van der Waals surface area contributed by atoms with E-state index < -0.39 is 5.97 Å². The number of carboxylic acid groups (broad SMARTS) is 1. The van der Waals surface area contributed by atoms with Gasteiger partial charge in [0.15, 0.2) is 0 Å². The summed E-state index contributed by atoms with van der Waals surface area (Å²) in [6.07, 6.45) is 1.71. The van der Waals surface area contributed by atoms with E-state index >= 15 is 0 Å². The molecule has 0 heterocycles. The van der Waals surface area contributed by atoms with Crippen LogP contribution >= 0.6 is 22.6 Å². The van der Waals surface area contributed by atoms with Gasteiger partial charge < -0.3 is 10.4 Å². The fraction of sp³-hybridized carbons (Fsp3) is 0.385. The molecule has 1 saturated carbocycles. The van der Waals surface area contributed by atoms with E-state index in [-0.39, 0.29) is 23.7 Å². The van der Waals surface area contributed by atoms with Gasteiger partial charge in [0, 0.05) is 9.61 Å². The molecule has 1 aromatic carbocycles. The lowest BCUT2D eigenvalue weighted by Gasteiger charge is -2.13. The second-order valence-corrected chi connectivity index (χ2v) is 5.80. The number of carbonyl (C=O) groups excluding carboxylic acids is 1. The number of aliphatic carboxylic acids is 1. The molecule has 1 fully saturated rings. The first-order chi connectivity index (χ1) is 8.97. The third-order valence-corrected chi connectivity index (χ3v) is 4.19. The second-order valence-electron chi connectivity index (χ2n) is 4.64. The molecule has 0 radical (unpaired) electrons. The zero-order chi connectivity index (χ0) is 14.0. The van der Waals surface area contributed by atoms with E-state index in [4.69, 9.17) is 5.11 Å². The molecule has 2 N–H and O–H groups in total. The molecule has 2 atom stereocenters. The smallest absolute Gasteiger partial charge is 0.306 e. The van der Waals surface area contributed by atoms with E-state index in [1.54, 1.807) is 0 Å². The Morgan fingerprint density at radius 1 is 1.37 bits per heavy atom. The first-order valence-corrected chi connectivity index (χ1v) is 7.04. The van der Waals surface area contributed by atoms with Gasteiger partial charge in [-0.1, -0.05) is 0 Å². The third-order valence-electron chi connectivity index (χ3n) is 3.29. The van der Waals surface area contributed by atoms with Crippen LogP contribution in [0.4, 0.5) is 4.39 Å². The number of hydrogen-bond acceptors (Lipinski definition) is 2. The Kier molecular flexibility index (Phi) is 4.38. The molecule has 2 rings (SSSR count). The van der Waals surface area contributed by atoms with Crippen LogP contribution in [0, 0.1) is 15.3 Å². The van der Waals surface area contributed by atoms with Gasteiger partial charge in [0.2, 0.25) is 0 Å². The van der Waals surface area contributed by atoms with Crippen LogP contribution < -0.4 is 5.32 Å². The minimum absolute atomic E-state index is 0.116. The second kappa shape index (κ2) is 5.85. The molecule has 0 spiro atoms. The third kappa shape index (κ3) is 3.43. The molecule has 0 aromatic heterocycles. The number of nitrogens with one attached hydrogen (secondary N) is 1. The van der Waals surface area contributed by atoms with Gasteiger partial charge in [-0.2, -0.15) is 0 Å². The highest BCUT2D eigenvalue weighted by atomic mass is 127. The number of benzene rings is 1. The molecule has 6 heteroatoms. The van der Waals surface area contributed by atoms with Crippen LogP contribution in [0.25, 0.3) is 0 Å². The highest BCUT2D eigenvalue weighted by molar-refractivity contribution is 14.1. The maximum absolute atomic E-state index is 13.0. The fourth-order valence-corrected chi connectivity index (χ4v) is 3.00. The topological polar surface area (TPSA) is 66.4 Å². The van der Waals surface area contributed by atoms with Crippen molar-refractivity contribution < 1.29 is 19.1 Å². The molecule has 102 valence electrons. The van der Waals surface area contributed by atoms with Gasteiger partial charge in [-0.3, -0.25) is 9.59 Å². The molecular weight excluding hydrogens is 364 g/mol. The summed E-state index contributed by atoms with van der Waals surface area (Å²) in [7, 11) is 0. The summed E-state index contributed by atoms with van der Waals surface area (Å²) >= 11 is 1.91. The number of hydrogen-bond donors (Lipinski definition) is 2. The fourth-order valence-electron chi connectivity index (χ4n) is 2.27. The highest BCUT2D eigenvalue weighted by Gasteiger charge is 2.30. The van der Waals surface area contributed by atoms with Gasteiger partial charge in [-0.05, 0) is 60.1 Å². The van der Waals surface area contributed by atoms with Crippen LogP contribution in [0.3, 0.4) is 0 Å². The predicted molar refractivity (Wildman–Crippen MR) is 75.3 cm³/mol. The summed E-state index contributed by atoms with van der Waals surface area (Å²) in [4.78, 5) is 22.9. The number of rotatable bonds is 3. The lowest BCUT2D eigenvalue weighted by molar-refractivity contribution is -0.141. The highest BCUT2D eigenvalue weighted by Crippen LogP contribution is 2.26. The van der Waals surface area contributed by atoms with Crippen molar-refractivity contribution in [3.05, 3.63) is 33.1 Å². The van der Waals surface area contributed by atoms with Gasteiger partial charge in [-0.15, -0.1) is 0 Å². The van der Waals surface area contributed by atoms with E-state index in [9.17, 15) is 14.0 Å². The van der Waals surface area contributed by atoms with Crippen molar-refractivity contribution in [2.24, 2.45) is 5.92 Å². The molecule has 1 aromatic rings. The SMILES string of the molecule is O=C(N[C@@H]1CC[C@H](C(=O)O)C1)c1ccc(F)cc1I. The van der Waals surface area contributed by atoms with Crippen LogP contribution in [-0.4, -0.2) is 23.0 Å². The van der Waals surface area contributed by atoms with Crippen LogP contribution in [0.1, 0.15) is 29.6 Å². The van der Waals surface area contributed by atoms with Crippen LogP contribution in [0.15, 0.2) is 18.2 Å². The normalized spacial score (nSPS) is 22.2. The van der Waals surface area contributed by atoms with Crippen molar-refractivity contribution >= 4 is 34.5 Å². The Morgan fingerprint density at radius 3 is 2.68 bits per heavy atom. The zero-order valence-corrected chi connectivity index (χ0v) is 12.2. The van der Waals surface area contributed by atoms with Gasteiger partial charge in [-0.25, -0.2) is 4.39 Å². The first-order valence-electron chi connectivity index (χ1n) is 5.96. The average molecular weight is 377 g/mol. The van der Waals surface area contributed by atoms with E-state index in [2.05, 4.69) is 5.32 Å². The summed E-state index contributed by atoms with van der Waals surface area (Å²) in [6, 6.07) is 3.86. The molecule has 4 nitrogen and oxygen atoms in total. The monoisotopic (exact) mass is 377 g/mol. The predicted octanol–water partition coefficient (Wildman–Crippen LogP) is 2.41. The van der Waals surface area contributed by atoms with E-state index in [0.29, 0.717) is 28.4 Å². The zero-order valence-electron chi connectivity index (χ0n) is 10.0. The van der Waals surface area contributed by atoms with Crippen LogP contribution in [0.2, 0.25) is 0 Å². The largest absolute Gasteiger partial charge is 0.481 e. The molecule has 1 amide bonds. The van der Waals surface area contributed by atoms with Crippen LogP contribution in [-0.2, 0) is 4.79 Å². The van der Waals surface area contributed by atoms with Gasteiger partial charge in [0.05, 0.1) is 11.5 Å². The summed E-state index contributed by atoms with van der Waals surface area (Å²) in [5, 5.41) is 11.7. The maximum Gasteiger partial charge on any atom is 0.306 e. The van der Waals surface area contributed by atoms with E-state index in [1.165, 1.54) is 18.2 Å². The minimum Gasteiger partial charge on any atom is -0.481 e. The van der Waals surface area contributed by atoms with Crippen molar-refractivity contribution in [1.29, 1.82) is 0 Å². The number of halogens is 2. The van der Waals surface area contributed by atoms with Crippen molar-refractivity contribution in [3.63, 3.8) is 0 Å². The van der Waals surface area contributed by atoms with Gasteiger partial charge in [0.25, 0.3) is 5.91 Å². The molecule has 0 unspecified atom stereocenters. The number of amides is 1. The molecule has 1 aliphatic carbocycles. The average Bonchev–Trinajstić information content (AvgIpc) is 2.77. The first kappa shape index (κ1) is 14.2. The van der Waals surface area contributed by atoms with Crippen molar-refractivity contribution in [3.8, 4) is 0 Å². The van der Waals surface area contributed by atoms with E-state index in [1.807, 2.05) is 22.6 Å². The summed E-state index contributed by atoms with van der Waals surface area (Å²) < 4.78 is 13.5. The molecule has 1 aliphatic rings. The Morgan fingerprint density at radius 2 is 2.11 bits per heavy atom. The Hall–Kier alpha value is -1.18. The molecular formula is C13H13FINO3. The minimum atomic E-state index is -0.812. The quantitative estimate of drug-likeness (QED) is 0.796. The maximum atomic E-state index is 13.0. The van der Waals surface area contributed by atoms with Gasteiger partial charge >= 0.3 is 5.97 Å². The summed E-state index contributed by atoms with van der Waals surface area (Å²) in [6.45, 7) is 0. The number of carboxylic acids is 1. The lowest BCUT2D eigenvalue weighted by atomic mass is 10.1. The number of carbonyl (C=O) groups is 2. The van der Waals surface area contributed by atoms with E-state index in [0.717, 1.165) is 0 Å². The molecule has 0 saturated heterocycles. The molecule has 19 heavy (non-hydrogen) atoms. The molecule has 0 aliphatic heterocycles.